The molecule has 6 aromatic rings. The first-order valence-corrected chi connectivity index (χ1v) is 16.2. The van der Waals surface area contributed by atoms with Gasteiger partial charge in [0.25, 0.3) is 0 Å². The Labute approximate surface area is 281 Å². The fourth-order valence-corrected chi connectivity index (χ4v) is 6.66. The number of amides is 1. The molecule has 0 radical (unpaired) electrons. The summed E-state index contributed by atoms with van der Waals surface area (Å²) in [5.41, 5.74) is 3.41. The summed E-state index contributed by atoms with van der Waals surface area (Å²) in [5.74, 6) is -1.29. The second-order valence-electron chi connectivity index (χ2n) is 11.8. The number of carbonyl (C=O) groups is 2. The minimum absolute atomic E-state index is 0.0212. The van der Waals surface area contributed by atoms with Gasteiger partial charge in [-0.05, 0) is 39.8 Å². The summed E-state index contributed by atoms with van der Waals surface area (Å²) in [7, 11) is 0. The van der Waals surface area contributed by atoms with Crippen molar-refractivity contribution >= 4 is 11.9 Å². The number of nitrogens with one attached hydrogen (secondary N) is 2. The molecule has 0 aliphatic rings. The van der Waals surface area contributed by atoms with Crippen molar-refractivity contribution < 1.29 is 14.7 Å². The van der Waals surface area contributed by atoms with Crippen LogP contribution in [-0.2, 0) is 20.7 Å². The fraction of sp³-hybridized carbons (Fsp3) is 0.116. The second-order valence-corrected chi connectivity index (χ2v) is 11.8. The van der Waals surface area contributed by atoms with Crippen molar-refractivity contribution in [3.8, 4) is 0 Å². The second kappa shape index (κ2) is 14.8. The van der Waals surface area contributed by atoms with E-state index in [1.165, 1.54) is 0 Å². The van der Waals surface area contributed by atoms with Gasteiger partial charge in [-0.25, -0.2) is 0 Å². The first-order valence-electron chi connectivity index (χ1n) is 16.2. The third-order valence-corrected chi connectivity index (χ3v) is 8.92. The maximum absolute atomic E-state index is 14.1. The highest BCUT2D eigenvalue weighted by Crippen LogP contribution is 2.39. The molecule has 6 rings (SSSR count). The Morgan fingerprint density at radius 2 is 0.729 bits per heavy atom. The first kappa shape index (κ1) is 32.2. The predicted molar refractivity (Wildman–Crippen MR) is 190 cm³/mol. The summed E-state index contributed by atoms with van der Waals surface area (Å²) in [4.78, 5) is 27.2. The Morgan fingerprint density at radius 1 is 0.458 bits per heavy atom. The van der Waals surface area contributed by atoms with Crippen LogP contribution in [-0.4, -0.2) is 23.0 Å². The average Bonchev–Trinajstić information content (AvgIpc) is 3.16. The highest BCUT2D eigenvalue weighted by Gasteiger charge is 2.41. The average molecular weight is 631 g/mol. The summed E-state index contributed by atoms with van der Waals surface area (Å²) in [6, 6.07) is 58.2. The number of hydrogen-bond donors (Lipinski definition) is 3. The summed E-state index contributed by atoms with van der Waals surface area (Å²) < 4.78 is 0. The van der Waals surface area contributed by atoms with Gasteiger partial charge in [-0.1, -0.05) is 182 Å². The number of carboxylic acids is 1. The number of aliphatic carboxylic acids is 1. The molecule has 0 spiro atoms. The monoisotopic (exact) mass is 630 g/mol. The van der Waals surface area contributed by atoms with Crippen LogP contribution in [0.4, 0.5) is 0 Å². The molecule has 0 fully saturated rings. The lowest BCUT2D eigenvalue weighted by Crippen LogP contribution is -2.53. The van der Waals surface area contributed by atoms with E-state index in [0.29, 0.717) is 0 Å². The van der Waals surface area contributed by atoms with Crippen LogP contribution in [0.25, 0.3) is 0 Å². The Morgan fingerprint density at radius 3 is 1.00 bits per heavy atom. The molecule has 5 nitrogen and oxygen atoms in total. The van der Waals surface area contributed by atoms with E-state index in [0.717, 1.165) is 33.4 Å². The van der Waals surface area contributed by atoms with Crippen LogP contribution in [0, 0.1) is 0 Å². The normalized spacial score (nSPS) is 12.2. The first-order chi connectivity index (χ1) is 23.5. The zero-order valence-corrected chi connectivity index (χ0v) is 26.6. The molecule has 1 atom stereocenters. The Balaban J connectivity index is 1.37. The van der Waals surface area contributed by atoms with Gasteiger partial charge in [-0.2, -0.15) is 0 Å². The maximum atomic E-state index is 14.1. The molecule has 1 amide bonds. The van der Waals surface area contributed by atoms with Crippen LogP contribution in [0.2, 0.25) is 0 Å². The third-order valence-electron chi connectivity index (χ3n) is 8.92. The Kier molecular flexibility index (Phi) is 9.89. The van der Waals surface area contributed by atoms with Crippen LogP contribution >= 0.6 is 0 Å². The minimum Gasteiger partial charge on any atom is -0.480 e. The quantitative estimate of drug-likeness (QED) is 0.113. The highest BCUT2D eigenvalue weighted by atomic mass is 16.4. The number of hydrogen-bond acceptors (Lipinski definition) is 3. The summed E-state index contributed by atoms with van der Waals surface area (Å²) in [6.45, 7) is 0. The molecular formula is C43H38N2O3. The van der Waals surface area contributed by atoms with Crippen LogP contribution < -0.4 is 10.6 Å². The third kappa shape index (κ3) is 6.55. The van der Waals surface area contributed by atoms with Crippen molar-refractivity contribution in [1.82, 2.24) is 10.6 Å². The van der Waals surface area contributed by atoms with Gasteiger partial charge in [0.05, 0.1) is 5.54 Å². The van der Waals surface area contributed by atoms with E-state index in [1.54, 1.807) is 0 Å². The summed E-state index contributed by atoms with van der Waals surface area (Å²) in [6.07, 6.45) is 0.0382. The molecular weight excluding hydrogens is 592 g/mol. The fourth-order valence-electron chi connectivity index (χ4n) is 6.66. The minimum atomic E-state index is -1.06. The van der Waals surface area contributed by atoms with Crippen LogP contribution in [0.15, 0.2) is 182 Å². The molecule has 238 valence electrons. The molecule has 0 aromatic heterocycles. The van der Waals surface area contributed by atoms with Gasteiger partial charge in [-0.3, -0.25) is 14.9 Å². The van der Waals surface area contributed by atoms with Crippen molar-refractivity contribution in [2.24, 2.45) is 0 Å². The lowest BCUT2D eigenvalue weighted by Gasteiger charge is -2.39. The number of carboxylic acid groups (broad SMARTS) is 1. The number of carbonyl (C=O) groups excluding carboxylic acids is 1. The van der Waals surface area contributed by atoms with E-state index in [4.69, 9.17) is 0 Å². The van der Waals surface area contributed by atoms with Gasteiger partial charge in [-0.15, -0.1) is 0 Å². The SMILES string of the molecule is O=C(CC[C@@H](NC(c1ccccc1)(c1ccccc1)c1ccccc1)C(=O)O)NC(c1ccccc1)(c1ccccc1)c1ccccc1. The lowest BCUT2D eigenvalue weighted by atomic mass is 9.76. The number of rotatable bonds is 13. The van der Waals surface area contributed by atoms with Crippen LogP contribution in [0.5, 0.6) is 0 Å². The summed E-state index contributed by atoms with van der Waals surface area (Å²) >= 11 is 0. The van der Waals surface area contributed by atoms with Gasteiger partial charge in [0.15, 0.2) is 0 Å². The topological polar surface area (TPSA) is 78.4 Å². The maximum Gasteiger partial charge on any atom is 0.320 e. The van der Waals surface area contributed by atoms with Crippen molar-refractivity contribution in [2.45, 2.75) is 30.0 Å². The van der Waals surface area contributed by atoms with E-state index in [1.807, 2.05) is 182 Å². The molecule has 0 aliphatic heterocycles. The Hall–Kier alpha value is -5.78. The van der Waals surface area contributed by atoms with Gasteiger partial charge in [0, 0.05) is 6.42 Å². The van der Waals surface area contributed by atoms with Crippen molar-refractivity contribution in [1.29, 1.82) is 0 Å². The van der Waals surface area contributed by atoms with Crippen molar-refractivity contribution in [2.75, 3.05) is 0 Å². The van der Waals surface area contributed by atoms with E-state index < -0.39 is 23.1 Å². The molecule has 3 N–H and O–H groups in total. The van der Waals surface area contributed by atoms with E-state index in [2.05, 4.69) is 10.6 Å². The molecule has 48 heavy (non-hydrogen) atoms. The van der Waals surface area contributed by atoms with E-state index in [-0.39, 0.29) is 18.7 Å². The molecule has 0 heterocycles. The molecule has 0 saturated heterocycles. The number of benzene rings is 6. The molecule has 0 aliphatic carbocycles. The molecule has 0 unspecified atom stereocenters. The largest absolute Gasteiger partial charge is 0.480 e. The van der Waals surface area contributed by atoms with E-state index in [9.17, 15) is 14.7 Å². The van der Waals surface area contributed by atoms with Gasteiger partial charge in [0.1, 0.15) is 11.6 Å². The Bertz CT molecular complexity index is 1710. The highest BCUT2D eigenvalue weighted by molar-refractivity contribution is 5.81. The molecule has 0 bridgehead atoms. The zero-order chi connectivity index (χ0) is 33.2. The lowest BCUT2D eigenvalue weighted by molar-refractivity contribution is -0.140. The zero-order valence-electron chi connectivity index (χ0n) is 26.6. The van der Waals surface area contributed by atoms with Crippen molar-refractivity contribution in [3.05, 3.63) is 215 Å². The molecule has 5 heteroatoms. The van der Waals surface area contributed by atoms with Crippen LogP contribution in [0.1, 0.15) is 46.2 Å². The van der Waals surface area contributed by atoms with Gasteiger partial charge < -0.3 is 10.4 Å². The smallest absolute Gasteiger partial charge is 0.320 e. The van der Waals surface area contributed by atoms with Crippen LogP contribution in [0.3, 0.4) is 0 Å². The molecule has 6 aromatic carbocycles. The van der Waals surface area contributed by atoms with E-state index >= 15 is 0 Å². The van der Waals surface area contributed by atoms with Crippen molar-refractivity contribution in [3.63, 3.8) is 0 Å². The summed E-state index contributed by atoms with van der Waals surface area (Å²) in [5, 5.41) is 17.6. The standard InChI is InChI=1S/C43H38N2O3/c46-40(45-43(36-25-13-4-14-26-36,37-27-15-5-16-28-37)38-29-17-6-18-30-38)32-31-39(41(47)48)44-42(33-19-7-1-8-20-33,34-21-9-2-10-22-34)35-23-11-3-12-24-35/h1-30,39,44H,31-32H2,(H,45,46)(H,47,48)/t39-/m1/s1. The molecule has 0 saturated carbocycles. The predicted octanol–water partition coefficient (Wildman–Crippen LogP) is 7.91. The van der Waals surface area contributed by atoms with Gasteiger partial charge >= 0.3 is 5.97 Å². The van der Waals surface area contributed by atoms with Gasteiger partial charge in [0.2, 0.25) is 5.91 Å².